The molecule has 0 aliphatic heterocycles. The number of hydrogen-bond acceptors (Lipinski definition) is 4. The van der Waals surface area contributed by atoms with E-state index in [0.29, 0.717) is 11.5 Å². The van der Waals surface area contributed by atoms with Crippen LogP contribution in [0.4, 0.5) is 0 Å². The molecule has 0 bridgehead atoms. The number of carbonyl (C=O) groups excluding carboxylic acids is 1. The molecule has 3 aromatic rings. The van der Waals surface area contributed by atoms with Crippen molar-refractivity contribution in [3.05, 3.63) is 69.1 Å². The maximum atomic E-state index is 12.0. The van der Waals surface area contributed by atoms with Crippen molar-refractivity contribution in [3.63, 3.8) is 0 Å². The number of hydrogen-bond donors (Lipinski definition) is 1. The number of rotatable bonds is 6. The maximum Gasteiger partial charge on any atom is 0.277 e. The third kappa shape index (κ3) is 4.87. The number of ether oxygens (including phenoxy) is 2. The van der Waals surface area contributed by atoms with Gasteiger partial charge in [-0.3, -0.25) is 4.79 Å². The van der Waals surface area contributed by atoms with E-state index in [-0.39, 0.29) is 12.5 Å². The van der Waals surface area contributed by atoms with Crippen LogP contribution in [0.5, 0.6) is 11.5 Å². The number of hydrazone groups is 1. The molecule has 0 aromatic heterocycles. The van der Waals surface area contributed by atoms with Crippen LogP contribution in [-0.2, 0) is 4.79 Å². The van der Waals surface area contributed by atoms with E-state index in [1.165, 1.54) is 6.21 Å². The number of carbonyl (C=O) groups is 1. The summed E-state index contributed by atoms with van der Waals surface area (Å²) in [5, 5.41) is 6.07. The van der Waals surface area contributed by atoms with Crippen LogP contribution < -0.4 is 14.9 Å². The molecule has 1 amide bonds. The number of nitrogens with one attached hydrogen (secondary N) is 1. The van der Waals surface area contributed by atoms with Gasteiger partial charge in [0.1, 0.15) is 11.5 Å². The number of amides is 1. The van der Waals surface area contributed by atoms with Crippen molar-refractivity contribution in [2.24, 2.45) is 5.10 Å². The number of halogens is 2. The number of nitrogens with zero attached hydrogens (tertiary/aromatic N) is 1. The van der Waals surface area contributed by atoms with Gasteiger partial charge >= 0.3 is 0 Å². The van der Waals surface area contributed by atoms with Crippen LogP contribution in [0.2, 0.25) is 0 Å². The number of fused-ring (bicyclic) bond motifs is 1. The minimum absolute atomic E-state index is 0.149. The second-order valence-electron chi connectivity index (χ2n) is 5.57. The van der Waals surface area contributed by atoms with Crippen LogP contribution in [0.25, 0.3) is 10.8 Å². The maximum absolute atomic E-state index is 12.0. The molecule has 3 aromatic carbocycles. The summed E-state index contributed by atoms with van der Waals surface area (Å²) in [5.74, 6) is 0.898. The molecule has 138 valence electrons. The summed E-state index contributed by atoms with van der Waals surface area (Å²) >= 11 is 6.93. The molecule has 27 heavy (non-hydrogen) atoms. The fourth-order valence-corrected chi connectivity index (χ4v) is 3.47. The second kappa shape index (κ2) is 9.01. The molecule has 0 saturated heterocycles. The van der Waals surface area contributed by atoms with E-state index in [9.17, 15) is 4.79 Å². The largest absolute Gasteiger partial charge is 0.496 e. The van der Waals surface area contributed by atoms with Crippen molar-refractivity contribution in [3.8, 4) is 11.5 Å². The van der Waals surface area contributed by atoms with E-state index in [1.54, 1.807) is 7.11 Å². The van der Waals surface area contributed by atoms with E-state index in [4.69, 9.17) is 9.47 Å². The first kappa shape index (κ1) is 19.4. The van der Waals surface area contributed by atoms with E-state index in [0.717, 1.165) is 25.3 Å². The summed E-state index contributed by atoms with van der Waals surface area (Å²) in [6.45, 7) is -0.149. The minimum atomic E-state index is -0.361. The van der Waals surface area contributed by atoms with Gasteiger partial charge in [0, 0.05) is 10.0 Å². The molecule has 0 fully saturated rings. The molecule has 0 unspecified atom stereocenters. The van der Waals surface area contributed by atoms with Gasteiger partial charge in [0.25, 0.3) is 5.91 Å². The predicted octanol–water partition coefficient (Wildman–Crippen LogP) is 4.90. The monoisotopic (exact) mass is 490 g/mol. The molecule has 0 heterocycles. The third-order valence-electron chi connectivity index (χ3n) is 3.77. The first-order valence-electron chi connectivity index (χ1n) is 8.04. The normalized spacial score (nSPS) is 10.9. The van der Waals surface area contributed by atoms with E-state index >= 15 is 0 Å². The lowest BCUT2D eigenvalue weighted by Gasteiger charge is -2.09. The van der Waals surface area contributed by atoms with Crippen LogP contribution in [0.3, 0.4) is 0 Å². The molecule has 0 spiro atoms. The molecule has 0 radical (unpaired) electrons. The molecule has 0 atom stereocenters. The van der Waals surface area contributed by atoms with Crippen LogP contribution in [-0.4, -0.2) is 25.8 Å². The SMILES string of the molecule is COc1ccc(Br)cc1/C=N\NC(=O)COc1ccc2ccccc2c1Br. The van der Waals surface area contributed by atoms with Crippen molar-refractivity contribution >= 4 is 54.8 Å². The minimum Gasteiger partial charge on any atom is -0.496 e. The van der Waals surface area contributed by atoms with Crippen molar-refractivity contribution in [2.45, 2.75) is 0 Å². The van der Waals surface area contributed by atoms with Gasteiger partial charge in [-0.25, -0.2) is 5.43 Å². The average Bonchev–Trinajstić information content (AvgIpc) is 2.68. The molecule has 0 aliphatic carbocycles. The highest BCUT2D eigenvalue weighted by molar-refractivity contribution is 9.11. The van der Waals surface area contributed by atoms with Crippen LogP contribution in [0.1, 0.15) is 5.56 Å². The van der Waals surface area contributed by atoms with Gasteiger partial charge in [-0.1, -0.05) is 46.3 Å². The number of benzene rings is 3. The Balaban J connectivity index is 1.61. The Morgan fingerprint density at radius 3 is 2.70 bits per heavy atom. The first-order valence-corrected chi connectivity index (χ1v) is 9.62. The highest BCUT2D eigenvalue weighted by Crippen LogP contribution is 2.32. The third-order valence-corrected chi connectivity index (χ3v) is 5.08. The molecule has 0 aliphatic rings. The van der Waals surface area contributed by atoms with Crippen molar-refractivity contribution in [1.29, 1.82) is 0 Å². The van der Waals surface area contributed by atoms with Crippen molar-refractivity contribution in [1.82, 2.24) is 5.43 Å². The van der Waals surface area contributed by atoms with E-state index in [1.807, 2.05) is 54.6 Å². The van der Waals surface area contributed by atoms with Gasteiger partial charge in [-0.15, -0.1) is 0 Å². The summed E-state index contributed by atoms with van der Waals surface area (Å²) in [4.78, 5) is 12.0. The number of methoxy groups -OCH3 is 1. The lowest BCUT2D eigenvalue weighted by molar-refractivity contribution is -0.123. The predicted molar refractivity (Wildman–Crippen MR) is 114 cm³/mol. The summed E-state index contributed by atoms with van der Waals surface area (Å²) in [7, 11) is 1.58. The van der Waals surface area contributed by atoms with E-state index < -0.39 is 0 Å². The van der Waals surface area contributed by atoms with Crippen LogP contribution >= 0.6 is 31.9 Å². The van der Waals surface area contributed by atoms with E-state index in [2.05, 4.69) is 42.4 Å². The molecule has 3 rings (SSSR count). The zero-order valence-electron chi connectivity index (χ0n) is 14.4. The molecule has 7 heteroatoms. The summed E-state index contributed by atoms with van der Waals surface area (Å²) in [6.07, 6.45) is 1.52. The Hall–Kier alpha value is -2.38. The van der Waals surface area contributed by atoms with Gasteiger partial charge in [-0.05, 0) is 51.0 Å². The van der Waals surface area contributed by atoms with Gasteiger partial charge < -0.3 is 9.47 Å². The van der Waals surface area contributed by atoms with Crippen LogP contribution in [0.15, 0.2) is 68.6 Å². The fourth-order valence-electron chi connectivity index (χ4n) is 2.48. The molecular weight excluding hydrogens is 476 g/mol. The quantitative estimate of drug-likeness (QED) is 0.394. The second-order valence-corrected chi connectivity index (χ2v) is 7.28. The molecule has 5 nitrogen and oxygen atoms in total. The Kier molecular flexibility index (Phi) is 6.47. The highest BCUT2D eigenvalue weighted by atomic mass is 79.9. The fraction of sp³-hybridized carbons (Fsp3) is 0.100. The molecular formula is C20H16Br2N2O3. The Morgan fingerprint density at radius 2 is 1.89 bits per heavy atom. The van der Waals surface area contributed by atoms with Crippen molar-refractivity contribution < 1.29 is 14.3 Å². The Labute approximate surface area is 173 Å². The van der Waals surface area contributed by atoms with Gasteiger partial charge in [-0.2, -0.15) is 5.10 Å². The molecule has 1 N–H and O–H groups in total. The summed E-state index contributed by atoms with van der Waals surface area (Å²) < 4.78 is 12.6. The molecule has 0 saturated carbocycles. The van der Waals surface area contributed by atoms with Crippen molar-refractivity contribution in [2.75, 3.05) is 13.7 Å². The Bertz CT molecular complexity index is 1010. The van der Waals surface area contributed by atoms with Gasteiger partial charge in [0.2, 0.25) is 0 Å². The standard InChI is InChI=1S/C20H16Br2N2O3/c1-26-17-9-7-15(21)10-14(17)11-23-24-19(25)12-27-18-8-6-13-4-2-3-5-16(13)20(18)22/h2-11H,12H2,1H3,(H,24,25)/b23-11-. The first-order chi connectivity index (χ1) is 13.1. The Morgan fingerprint density at radius 1 is 1.11 bits per heavy atom. The zero-order valence-corrected chi connectivity index (χ0v) is 17.6. The average molecular weight is 492 g/mol. The lowest BCUT2D eigenvalue weighted by Crippen LogP contribution is -2.24. The van der Waals surface area contributed by atoms with Gasteiger partial charge in [0.15, 0.2) is 6.61 Å². The highest BCUT2D eigenvalue weighted by Gasteiger charge is 2.08. The van der Waals surface area contributed by atoms with Crippen LogP contribution in [0, 0.1) is 0 Å². The zero-order chi connectivity index (χ0) is 19.2. The lowest BCUT2D eigenvalue weighted by atomic mass is 10.1. The summed E-state index contributed by atoms with van der Waals surface area (Å²) in [6, 6.07) is 17.2. The smallest absolute Gasteiger partial charge is 0.277 e. The topological polar surface area (TPSA) is 59.9 Å². The summed E-state index contributed by atoms with van der Waals surface area (Å²) in [5.41, 5.74) is 3.19. The van der Waals surface area contributed by atoms with Gasteiger partial charge in [0.05, 0.1) is 17.8 Å².